The Morgan fingerprint density at radius 2 is 1.88 bits per heavy atom. The second kappa shape index (κ2) is 7.20. The average Bonchev–Trinajstić information content (AvgIpc) is 3.15. The molecule has 0 unspecified atom stereocenters. The zero-order chi connectivity index (χ0) is 18.8. The first-order valence-corrected chi connectivity index (χ1v) is 9.22. The van der Waals surface area contributed by atoms with E-state index in [4.69, 9.17) is 0 Å². The lowest BCUT2D eigenvalue weighted by atomic mass is 10.1. The molecular formula is C19H13FN2O2S2. The zero-order valence-electron chi connectivity index (χ0n) is 13.9. The smallest absolute Gasteiger partial charge is 0.268 e. The topological polar surface area (TPSA) is 62.9 Å². The molecular weight excluding hydrogens is 371 g/mol. The van der Waals surface area contributed by atoms with Gasteiger partial charge in [0, 0.05) is 22.4 Å². The molecule has 1 aromatic carbocycles. The Kier molecular flexibility index (Phi) is 4.98. The predicted molar refractivity (Wildman–Crippen MR) is 101 cm³/mol. The molecule has 2 aromatic heterocycles. The highest BCUT2D eigenvalue weighted by Gasteiger charge is 2.16. The highest BCUT2D eigenvalue weighted by Crippen LogP contribution is 2.15. The molecule has 0 N–H and O–H groups in total. The fraction of sp³-hybridized carbons (Fsp3) is 0.105. The van der Waals surface area contributed by atoms with Gasteiger partial charge in [0.05, 0.1) is 4.53 Å². The van der Waals surface area contributed by atoms with E-state index in [2.05, 4.69) is 0 Å². The highest BCUT2D eigenvalue weighted by atomic mass is 32.1. The first kappa shape index (κ1) is 18.0. The second-order valence-corrected chi connectivity index (χ2v) is 7.90. The number of aryl methyl sites for hydroxylation is 1. The SMILES string of the molecule is Cc1ccc(/C=c2\s/c(=C(/C#N)C(=O)c3ccc(F)cc3)n(C)c2=O)s1. The van der Waals surface area contributed by atoms with E-state index < -0.39 is 11.6 Å². The van der Waals surface area contributed by atoms with Crippen LogP contribution in [0.4, 0.5) is 4.39 Å². The predicted octanol–water partition coefficient (Wildman–Crippen LogP) is 2.34. The number of carbonyl (C=O) groups excluding carboxylic acids is 1. The Balaban J connectivity index is 2.20. The Bertz CT molecular complexity index is 1210. The minimum atomic E-state index is -0.539. The van der Waals surface area contributed by atoms with Gasteiger partial charge in [0.1, 0.15) is 22.1 Å². The van der Waals surface area contributed by atoms with Crippen molar-refractivity contribution >= 4 is 40.1 Å². The first-order chi connectivity index (χ1) is 12.4. The Hall–Kier alpha value is -2.82. The lowest BCUT2D eigenvalue weighted by Crippen LogP contribution is -2.30. The summed E-state index contributed by atoms with van der Waals surface area (Å²) in [4.78, 5) is 27.2. The third kappa shape index (κ3) is 3.43. The number of rotatable bonds is 3. The largest absolute Gasteiger partial charge is 0.301 e. The molecule has 26 heavy (non-hydrogen) atoms. The number of hydrogen-bond acceptors (Lipinski definition) is 5. The number of aromatic nitrogens is 1. The molecule has 3 aromatic rings. The standard InChI is InChI=1S/C19H13FN2O2S2/c1-11-3-8-14(25-11)9-16-18(24)22(2)19(26-16)15(10-21)17(23)12-4-6-13(20)7-5-12/h3-9H,1-2H3/b16-9-,19-15-. The summed E-state index contributed by atoms with van der Waals surface area (Å²) in [6.45, 7) is 1.98. The van der Waals surface area contributed by atoms with Crippen LogP contribution in [0.25, 0.3) is 11.6 Å². The van der Waals surface area contributed by atoms with Crippen molar-refractivity contribution in [3.8, 4) is 6.07 Å². The van der Waals surface area contributed by atoms with E-state index in [1.165, 1.54) is 23.7 Å². The summed E-state index contributed by atoms with van der Waals surface area (Å²) in [5.41, 5.74) is -0.206. The molecule has 0 atom stereocenters. The van der Waals surface area contributed by atoms with Gasteiger partial charge in [0.15, 0.2) is 0 Å². The number of halogens is 1. The van der Waals surface area contributed by atoms with Gasteiger partial charge in [-0.2, -0.15) is 5.26 Å². The van der Waals surface area contributed by atoms with Crippen molar-refractivity contribution in [1.29, 1.82) is 5.26 Å². The highest BCUT2D eigenvalue weighted by molar-refractivity contribution is 7.13. The summed E-state index contributed by atoms with van der Waals surface area (Å²) < 4.78 is 15.1. The number of benzene rings is 1. The molecule has 0 saturated heterocycles. The van der Waals surface area contributed by atoms with E-state index in [9.17, 15) is 19.2 Å². The quantitative estimate of drug-likeness (QED) is 0.651. The number of thiophene rings is 1. The molecule has 0 fully saturated rings. The molecule has 0 aliphatic rings. The fourth-order valence-electron chi connectivity index (χ4n) is 2.39. The van der Waals surface area contributed by atoms with E-state index in [1.807, 2.05) is 25.1 Å². The molecule has 0 spiro atoms. The first-order valence-electron chi connectivity index (χ1n) is 7.59. The van der Waals surface area contributed by atoms with Crippen molar-refractivity contribution in [3.63, 3.8) is 0 Å². The van der Waals surface area contributed by atoms with Crippen LogP contribution in [0.3, 0.4) is 0 Å². The third-order valence-electron chi connectivity index (χ3n) is 3.72. The molecule has 3 rings (SSSR count). The van der Waals surface area contributed by atoms with Gasteiger partial charge in [0.25, 0.3) is 5.56 Å². The van der Waals surface area contributed by atoms with Crippen molar-refractivity contribution in [2.45, 2.75) is 6.92 Å². The zero-order valence-corrected chi connectivity index (χ0v) is 15.6. The number of hydrogen-bond donors (Lipinski definition) is 0. The Morgan fingerprint density at radius 3 is 2.46 bits per heavy atom. The van der Waals surface area contributed by atoms with Gasteiger partial charge in [-0.3, -0.25) is 9.59 Å². The summed E-state index contributed by atoms with van der Waals surface area (Å²) >= 11 is 2.65. The monoisotopic (exact) mass is 384 g/mol. The number of nitriles is 1. The Labute approximate surface area is 156 Å². The number of nitrogens with zero attached hydrogens (tertiary/aromatic N) is 2. The third-order valence-corrected chi connectivity index (χ3v) is 5.85. The lowest BCUT2D eigenvalue weighted by molar-refractivity contribution is 0.105. The van der Waals surface area contributed by atoms with Crippen molar-refractivity contribution in [2.75, 3.05) is 0 Å². The molecule has 0 radical (unpaired) electrons. The molecule has 0 aliphatic carbocycles. The van der Waals surface area contributed by atoms with Gasteiger partial charge in [-0.25, -0.2) is 4.39 Å². The van der Waals surface area contributed by atoms with Crippen molar-refractivity contribution < 1.29 is 9.18 Å². The van der Waals surface area contributed by atoms with Crippen LogP contribution in [0, 0.1) is 24.1 Å². The van der Waals surface area contributed by atoms with Gasteiger partial charge >= 0.3 is 0 Å². The van der Waals surface area contributed by atoms with E-state index >= 15 is 0 Å². The minimum absolute atomic E-state index is 0.136. The molecule has 0 aliphatic heterocycles. The van der Waals surface area contributed by atoms with Crippen LogP contribution < -0.4 is 14.8 Å². The summed E-state index contributed by atoms with van der Waals surface area (Å²) in [5, 5.41) is 9.48. The number of carbonyl (C=O) groups is 1. The van der Waals surface area contributed by atoms with Crippen LogP contribution in [-0.2, 0) is 7.05 Å². The van der Waals surface area contributed by atoms with Crippen LogP contribution in [0.5, 0.6) is 0 Å². The van der Waals surface area contributed by atoms with Crippen LogP contribution in [0.2, 0.25) is 0 Å². The van der Waals surface area contributed by atoms with E-state index in [0.717, 1.165) is 33.2 Å². The molecule has 2 heterocycles. The van der Waals surface area contributed by atoms with Crippen molar-refractivity contribution in [1.82, 2.24) is 4.57 Å². The van der Waals surface area contributed by atoms with Gasteiger partial charge < -0.3 is 4.57 Å². The Morgan fingerprint density at radius 1 is 1.19 bits per heavy atom. The summed E-state index contributed by atoms with van der Waals surface area (Å²) in [6, 6.07) is 10.7. The average molecular weight is 384 g/mol. The van der Waals surface area contributed by atoms with Gasteiger partial charge in [-0.05, 0) is 49.4 Å². The fourth-order valence-corrected chi connectivity index (χ4v) is 4.36. The summed E-state index contributed by atoms with van der Waals surface area (Å²) in [5.74, 6) is -1.01. The maximum Gasteiger partial charge on any atom is 0.268 e. The maximum absolute atomic E-state index is 13.1. The molecule has 0 bridgehead atoms. The molecule has 0 saturated carbocycles. The molecule has 0 amide bonds. The molecule has 7 heteroatoms. The summed E-state index contributed by atoms with van der Waals surface area (Å²) in [6.07, 6.45) is 1.76. The van der Waals surface area contributed by atoms with Crippen LogP contribution in [-0.4, -0.2) is 10.4 Å². The van der Waals surface area contributed by atoms with Crippen molar-refractivity contribution in [2.24, 2.45) is 7.05 Å². The number of ketones is 1. The van der Waals surface area contributed by atoms with Crippen LogP contribution in [0.15, 0.2) is 41.2 Å². The maximum atomic E-state index is 13.1. The molecule has 130 valence electrons. The number of Topliss-reactive ketones (excluding diaryl/α,β-unsaturated/α-hetero) is 1. The lowest BCUT2D eigenvalue weighted by Gasteiger charge is -1.99. The minimum Gasteiger partial charge on any atom is -0.301 e. The van der Waals surface area contributed by atoms with Gasteiger partial charge in [-0.15, -0.1) is 22.7 Å². The van der Waals surface area contributed by atoms with E-state index in [-0.39, 0.29) is 21.4 Å². The van der Waals surface area contributed by atoms with E-state index in [1.54, 1.807) is 17.4 Å². The van der Waals surface area contributed by atoms with Gasteiger partial charge in [0.2, 0.25) is 5.78 Å². The second-order valence-electron chi connectivity index (χ2n) is 5.55. The normalized spacial score (nSPS) is 12.8. The van der Waals surface area contributed by atoms with E-state index in [0.29, 0.717) is 4.53 Å². The number of thiazole rings is 1. The molecule has 4 nitrogen and oxygen atoms in total. The summed E-state index contributed by atoms with van der Waals surface area (Å²) in [7, 11) is 1.53. The van der Waals surface area contributed by atoms with Crippen LogP contribution >= 0.6 is 22.7 Å². The van der Waals surface area contributed by atoms with Crippen LogP contribution in [0.1, 0.15) is 20.1 Å². The van der Waals surface area contributed by atoms with Gasteiger partial charge in [-0.1, -0.05) is 0 Å². The van der Waals surface area contributed by atoms with Crippen molar-refractivity contribution in [3.05, 3.63) is 77.1 Å².